The van der Waals surface area contributed by atoms with Crippen LogP contribution in [0.4, 0.5) is 4.39 Å². The number of rotatable bonds is 6. The topological polar surface area (TPSA) is 49.3 Å². The van der Waals surface area contributed by atoms with Crippen molar-refractivity contribution in [1.82, 2.24) is 5.32 Å². The highest BCUT2D eigenvalue weighted by molar-refractivity contribution is 7.79. The average Bonchev–Trinajstić information content (AvgIpc) is 2.26. The monoisotopic (exact) mass is 245 g/mol. The number of hydrogen-bond acceptors (Lipinski definition) is 2. The second-order valence-electron chi connectivity index (χ2n) is 3.63. The highest BCUT2D eigenvalue weighted by Gasteiger charge is 2.12. The molecule has 0 fully saturated rings. The minimum atomic E-state index is -2.07. The van der Waals surface area contributed by atoms with Gasteiger partial charge >= 0.3 is 0 Å². The quantitative estimate of drug-likeness (QED) is 0.753. The number of hydrogen-bond donors (Lipinski definition) is 2. The van der Waals surface area contributed by atoms with Gasteiger partial charge in [-0.2, -0.15) is 0 Å². The van der Waals surface area contributed by atoms with Crippen molar-refractivity contribution < 1.29 is 13.2 Å². The van der Waals surface area contributed by atoms with E-state index in [9.17, 15) is 8.60 Å². The SMILES string of the molecule is C[C@@H](NCC(F)CS(=O)O)c1ccccc1. The van der Waals surface area contributed by atoms with Gasteiger partial charge in [-0.1, -0.05) is 30.3 Å². The summed E-state index contributed by atoms with van der Waals surface area (Å²) >= 11 is -2.07. The molecule has 1 aromatic rings. The van der Waals surface area contributed by atoms with Crippen LogP contribution in [0.2, 0.25) is 0 Å². The summed E-state index contributed by atoms with van der Waals surface area (Å²) in [5.41, 5.74) is 1.07. The fraction of sp³-hybridized carbons (Fsp3) is 0.455. The molecule has 0 bridgehead atoms. The third-order valence-corrected chi connectivity index (χ3v) is 2.92. The predicted octanol–water partition coefficient (Wildman–Crippen LogP) is 1.90. The van der Waals surface area contributed by atoms with Gasteiger partial charge in [0.25, 0.3) is 0 Å². The number of alkyl halides is 1. The van der Waals surface area contributed by atoms with E-state index in [2.05, 4.69) is 5.32 Å². The zero-order valence-corrected chi connectivity index (χ0v) is 9.91. The molecule has 0 radical (unpaired) electrons. The Balaban J connectivity index is 2.35. The summed E-state index contributed by atoms with van der Waals surface area (Å²) in [5, 5.41) is 2.98. The van der Waals surface area contributed by atoms with Crippen molar-refractivity contribution in [3.05, 3.63) is 35.9 Å². The summed E-state index contributed by atoms with van der Waals surface area (Å²) in [7, 11) is 0. The highest BCUT2D eigenvalue weighted by Crippen LogP contribution is 2.11. The fourth-order valence-corrected chi connectivity index (χ4v) is 1.81. The molecule has 90 valence electrons. The Kier molecular flexibility index (Phi) is 5.59. The molecular formula is C11H16FNO2S. The third kappa shape index (κ3) is 4.83. The van der Waals surface area contributed by atoms with Crippen LogP contribution in [0.5, 0.6) is 0 Å². The Hall–Kier alpha value is -0.780. The molecule has 0 saturated carbocycles. The molecule has 0 amide bonds. The van der Waals surface area contributed by atoms with Crippen molar-refractivity contribution in [3.8, 4) is 0 Å². The molecule has 2 unspecified atom stereocenters. The molecule has 2 N–H and O–H groups in total. The highest BCUT2D eigenvalue weighted by atomic mass is 32.2. The van der Waals surface area contributed by atoms with Crippen LogP contribution in [0, 0.1) is 0 Å². The molecule has 1 rings (SSSR count). The lowest BCUT2D eigenvalue weighted by Gasteiger charge is -2.15. The molecule has 0 aliphatic rings. The normalized spacial score (nSPS) is 16.7. The maximum Gasteiger partial charge on any atom is 0.155 e. The summed E-state index contributed by atoms with van der Waals surface area (Å²) in [6.45, 7) is 2.01. The maximum atomic E-state index is 13.1. The molecule has 16 heavy (non-hydrogen) atoms. The summed E-state index contributed by atoms with van der Waals surface area (Å²) in [5.74, 6) is -0.339. The van der Waals surface area contributed by atoms with Crippen molar-refractivity contribution >= 4 is 11.1 Å². The molecule has 3 atom stereocenters. The van der Waals surface area contributed by atoms with Crippen LogP contribution in [-0.4, -0.2) is 27.2 Å². The smallest absolute Gasteiger partial charge is 0.155 e. The number of nitrogens with one attached hydrogen (secondary N) is 1. The van der Waals surface area contributed by atoms with E-state index in [1.165, 1.54) is 0 Å². The van der Waals surface area contributed by atoms with Crippen LogP contribution in [0.1, 0.15) is 18.5 Å². The van der Waals surface area contributed by atoms with Crippen LogP contribution in [0.3, 0.4) is 0 Å². The first-order valence-electron chi connectivity index (χ1n) is 5.09. The molecular weight excluding hydrogens is 229 g/mol. The zero-order chi connectivity index (χ0) is 12.0. The lowest BCUT2D eigenvalue weighted by Crippen LogP contribution is -2.29. The minimum Gasteiger partial charge on any atom is -0.307 e. The van der Waals surface area contributed by atoms with E-state index in [4.69, 9.17) is 4.55 Å². The van der Waals surface area contributed by atoms with Gasteiger partial charge in [0.05, 0.1) is 5.75 Å². The van der Waals surface area contributed by atoms with E-state index < -0.39 is 17.3 Å². The first-order valence-corrected chi connectivity index (χ1v) is 6.37. The Morgan fingerprint density at radius 1 is 1.44 bits per heavy atom. The van der Waals surface area contributed by atoms with Gasteiger partial charge in [0, 0.05) is 12.6 Å². The molecule has 0 aliphatic carbocycles. The second kappa shape index (κ2) is 6.73. The minimum absolute atomic E-state index is 0.0339. The molecule has 0 spiro atoms. The van der Waals surface area contributed by atoms with Crippen LogP contribution < -0.4 is 5.32 Å². The van der Waals surface area contributed by atoms with E-state index in [-0.39, 0.29) is 18.3 Å². The average molecular weight is 245 g/mol. The fourth-order valence-electron chi connectivity index (χ4n) is 1.38. The molecule has 3 nitrogen and oxygen atoms in total. The van der Waals surface area contributed by atoms with E-state index in [1.54, 1.807) is 0 Å². The molecule has 0 aromatic heterocycles. The maximum absolute atomic E-state index is 13.1. The predicted molar refractivity (Wildman–Crippen MR) is 63.4 cm³/mol. The van der Waals surface area contributed by atoms with Crippen LogP contribution in [0.15, 0.2) is 30.3 Å². The van der Waals surface area contributed by atoms with Gasteiger partial charge in [0.1, 0.15) is 6.17 Å². The van der Waals surface area contributed by atoms with E-state index in [1.807, 2.05) is 37.3 Å². The van der Waals surface area contributed by atoms with Crippen LogP contribution in [-0.2, 0) is 11.1 Å². The van der Waals surface area contributed by atoms with Crippen molar-refractivity contribution in [2.75, 3.05) is 12.3 Å². The largest absolute Gasteiger partial charge is 0.307 e. The molecule has 5 heteroatoms. The van der Waals surface area contributed by atoms with Crippen molar-refractivity contribution in [1.29, 1.82) is 0 Å². The standard InChI is InChI=1S/C11H16FNO2S/c1-9(10-5-3-2-4-6-10)13-7-11(12)8-16(14)15/h2-6,9,11,13H,7-8H2,1H3,(H,14,15)/t9-,11?/m1/s1. The third-order valence-electron chi connectivity index (χ3n) is 2.27. The van der Waals surface area contributed by atoms with Gasteiger partial charge in [0.15, 0.2) is 11.1 Å². The Morgan fingerprint density at radius 3 is 2.62 bits per heavy atom. The van der Waals surface area contributed by atoms with Crippen LogP contribution in [0.25, 0.3) is 0 Å². The summed E-state index contributed by atoms with van der Waals surface area (Å²) in [6, 6.07) is 9.70. The molecule has 0 heterocycles. The first-order chi connectivity index (χ1) is 7.59. The van der Waals surface area contributed by atoms with Crippen LogP contribution >= 0.6 is 0 Å². The van der Waals surface area contributed by atoms with E-state index in [0.29, 0.717) is 0 Å². The Bertz CT molecular complexity index is 334. The summed E-state index contributed by atoms with van der Waals surface area (Å²) < 4.78 is 32.0. The van der Waals surface area contributed by atoms with Gasteiger partial charge in [0.2, 0.25) is 0 Å². The summed E-state index contributed by atoms with van der Waals surface area (Å²) in [4.78, 5) is 0. The van der Waals surface area contributed by atoms with Crippen molar-refractivity contribution in [2.24, 2.45) is 0 Å². The zero-order valence-electron chi connectivity index (χ0n) is 9.10. The van der Waals surface area contributed by atoms with Crippen molar-refractivity contribution in [3.63, 3.8) is 0 Å². The lowest BCUT2D eigenvalue weighted by molar-refractivity contribution is 0.333. The number of benzene rings is 1. The van der Waals surface area contributed by atoms with Gasteiger partial charge in [-0.3, -0.25) is 0 Å². The summed E-state index contributed by atoms with van der Waals surface area (Å²) in [6.07, 6.45) is -1.29. The van der Waals surface area contributed by atoms with Gasteiger partial charge in [-0.25, -0.2) is 8.60 Å². The van der Waals surface area contributed by atoms with E-state index >= 15 is 0 Å². The van der Waals surface area contributed by atoms with Gasteiger partial charge in [-0.15, -0.1) is 0 Å². The van der Waals surface area contributed by atoms with Gasteiger partial charge < -0.3 is 9.87 Å². The van der Waals surface area contributed by atoms with Crippen molar-refractivity contribution in [2.45, 2.75) is 19.1 Å². The number of halogens is 1. The Labute approximate surface area is 97.3 Å². The second-order valence-corrected chi connectivity index (χ2v) is 4.60. The van der Waals surface area contributed by atoms with E-state index in [0.717, 1.165) is 5.56 Å². The molecule has 1 aromatic carbocycles. The molecule has 0 saturated heterocycles. The first kappa shape index (κ1) is 13.3. The Morgan fingerprint density at radius 2 is 2.06 bits per heavy atom. The van der Waals surface area contributed by atoms with Gasteiger partial charge in [-0.05, 0) is 12.5 Å². The lowest BCUT2D eigenvalue weighted by atomic mass is 10.1. The molecule has 0 aliphatic heterocycles.